The molecule has 0 aliphatic heterocycles. The van der Waals surface area contributed by atoms with Crippen LogP contribution in [0.2, 0.25) is 0 Å². The Hall–Kier alpha value is -2.07. The Balaban J connectivity index is 1.95. The largest absolute Gasteiger partial charge is 0.495 e. The normalized spacial score (nSPS) is 10.2. The van der Waals surface area contributed by atoms with Gasteiger partial charge in [-0.3, -0.25) is 0 Å². The van der Waals surface area contributed by atoms with Gasteiger partial charge in [0.1, 0.15) is 11.6 Å². The standard InChI is InChI=1S/C15H18N2O2/c1-18-11-13-5-3-4-12(8-13)9-16-15-7-6-14(19-2)10-17-15/h3-8,10H,9,11H2,1-2H3,(H,16,17). The average Bonchev–Trinajstić information content (AvgIpc) is 2.46. The maximum absolute atomic E-state index is 5.12. The smallest absolute Gasteiger partial charge is 0.137 e. The van der Waals surface area contributed by atoms with Crippen molar-refractivity contribution >= 4 is 5.82 Å². The van der Waals surface area contributed by atoms with Crippen LogP contribution >= 0.6 is 0 Å². The van der Waals surface area contributed by atoms with Crippen LogP contribution in [0.4, 0.5) is 5.82 Å². The van der Waals surface area contributed by atoms with Crippen molar-refractivity contribution in [3.8, 4) is 5.75 Å². The molecule has 1 aromatic heterocycles. The molecule has 0 saturated carbocycles. The van der Waals surface area contributed by atoms with E-state index in [2.05, 4.69) is 28.5 Å². The highest BCUT2D eigenvalue weighted by atomic mass is 16.5. The topological polar surface area (TPSA) is 43.4 Å². The summed E-state index contributed by atoms with van der Waals surface area (Å²) in [6.45, 7) is 1.37. The second-order valence-corrected chi connectivity index (χ2v) is 4.19. The number of hydrogen-bond acceptors (Lipinski definition) is 4. The van der Waals surface area contributed by atoms with Crippen LogP contribution in [0, 0.1) is 0 Å². The molecule has 4 nitrogen and oxygen atoms in total. The maximum atomic E-state index is 5.12. The number of anilines is 1. The zero-order valence-electron chi connectivity index (χ0n) is 11.2. The summed E-state index contributed by atoms with van der Waals surface area (Å²) in [6, 6.07) is 12.1. The molecule has 100 valence electrons. The predicted octanol–water partition coefficient (Wildman–Crippen LogP) is 2.85. The number of methoxy groups -OCH3 is 2. The molecule has 0 spiro atoms. The van der Waals surface area contributed by atoms with Crippen molar-refractivity contribution in [3.05, 3.63) is 53.7 Å². The SMILES string of the molecule is COCc1cccc(CNc2ccc(OC)cn2)c1. The van der Waals surface area contributed by atoms with Crippen molar-refractivity contribution in [2.24, 2.45) is 0 Å². The lowest BCUT2D eigenvalue weighted by molar-refractivity contribution is 0.185. The summed E-state index contributed by atoms with van der Waals surface area (Å²) in [7, 11) is 3.33. The molecule has 0 radical (unpaired) electrons. The van der Waals surface area contributed by atoms with Gasteiger partial charge in [0, 0.05) is 13.7 Å². The van der Waals surface area contributed by atoms with Gasteiger partial charge in [0.05, 0.1) is 19.9 Å². The molecule has 19 heavy (non-hydrogen) atoms. The molecule has 0 saturated heterocycles. The summed E-state index contributed by atoms with van der Waals surface area (Å²) in [4.78, 5) is 4.26. The summed E-state index contributed by atoms with van der Waals surface area (Å²) < 4.78 is 10.2. The van der Waals surface area contributed by atoms with Gasteiger partial charge in [0.2, 0.25) is 0 Å². The van der Waals surface area contributed by atoms with Crippen molar-refractivity contribution in [1.82, 2.24) is 4.98 Å². The minimum absolute atomic E-state index is 0.634. The Labute approximate surface area is 113 Å². The van der Waals surface area contributed by atoms with E-state index in [0.29, 0.717) is 6.61 Å². The van der Waals surface area contributed by atoms with E-state index in [4.69, 9.17) is 9.47 Å². The number of nitrogens with one attached hydrogen (secondary N) is 1. The average molecular weight is 258 g/mol. The lowest BCUT2D eigenvalue weighted by Gasteiger charge is -2.08. The van der Waals surface area contributed by atoms with Gasteiger partial charge in [0.25, 0.3) is 0 Å². The van der Waals surface area contributed by atoms with E-state index >= 15 is 0 Å². The monoisotopic (exact) mass is 258 g/mol. The molecule has 1 heterocycles. The van der Waals surface area contributed by atoms with E-state index in [1.807, 2.05) is 18.2 Å². The molecule has 1 aromatic carbocycles. The van der Waals surface area contributed by atoms with Crippen molar-refractivity contribution < 1.29 is 9.47 Å². The van der Waals surface area contributed by atoms with E-state index in [1.165, 1.54) is 11.1 Å². The van der Waals surface area contributed by atoms with E-state index in [1.54, 1.807) is 20.4 Å². The second kappa shape index (κ2) is 6.75. The second-order valence-electron chi connectivity index (χ2n) is 4.19. The van der Waals surface area contributed by atoms with E-state index < -0.39 is 0 Å². The van der Waals surface area contributed by atoms with Crippen LogP contribution in [-0.2, 0) is 17.9 Å². The summed E-state index contributed by atoms with van der Waals surface area (Å²) in [5.41, 5.74) is 2.37. The zero-order valence-corrected chi connectivity index (χ0v) is 11.2. The van der Waals surface area contributed by atoms with Crippen molar-refractivity contribution in [1.29, 1.82) is 0 Å². The summed E-state index contributed by atoms with van der Waals surface area (Å²) >= 11 is 0. The first-order chi connectivity index (χ1) is 9.31. The highest BCUT2D eigenvalue weighted by Gasteiger charge is 1.98. The molecular weight excluding hydrogens is 240 g/mol. The molecular formula is C15H18N2O2. The fraction of sp³-hybridized carbons (Fsp3) is 0.267. The lowest BCUT2D eigenvalue weighted by Crippen LogP contribution is -2.02. The van der Waals surface area contributed by atoms with Gasteiger partial charge in [-0.25, -0.2) is 4.98 Å². The molecule has 2 rings (SSSR count). The van der Waals surface area contributed by atoms with E-state index in [9.17, 15) is 0 Å². The third-order valence-corrected chi connectivity index (χ3v) is 2.75. The fourth-order valence-electron chi connectivity index (χ4n) is 1.79. The Bertz CT molecular complexity index is 512. The number of hydrogen-bond donors (Lipinski definition) is 1. The van der Waals surface area contributed by atoms with Crippen LogP contribution in [-0.4, -0.2) is 19.2 Å². The molecule has 0 aliphatic carbocycles. The first-order valence-corrected chi connectivity index (χ1v) is 6.12. The highest BCUT2D eigenvalue weighted by molar-refractivity contribution is 5.38. The number of aromatic nitrogens is 1. The van der Waals surface area contributed by atoms with Crippen molar-refractivity contribution in [3.63, 3.8) is 0 Å². The Kier molecular flexibility index (Phi) is 4.75. The van der Waals surface area contributed by atoms with Crippen LogP contribution in [0.3, 0.4) is 0 Å². The maximum Gasteiger partial charge on any atom is 0.137 e. The first kappa shape index (κ1) is 13.4. The lowest BCUT2D eigenvalue weighted by atomic mass is 10.1. The Morgan fingerprint density at radius 3 is 2.63 bits per heavy atom. The molecule has 0 aliphatic rings. The summed E-state index contributed by atoms with van der Waals surface area (Å²) in [5.74, 6) is 1.59. The zero-order chi connectivity index (χ0) is 13.5. The van der Waals surface area contributed by atoms with Crippen molar-refractivity contribution in [2.45, 2.75) is 13.2 Å². The molecule has 1 N–H and O–H groups in total. The van der Waals surface area contributed by atoms with Crippen LogP contribution in [0.25, 0.3) is 0 Å². The molecule has 0 atom stereocenters. The third kappa shape index (κ3) is 3.96. The summed E-state index contributed by atoms with van der Waals surface area (Å²) in [6.07, 6.45) is 1.70. The number of nitrogens with zero attached hydrogens (tertiary/aromatic N) is 1. The summed E-state index contributed by atoms with van der Waals surface area (Å²) in [5, 5.41) is 3.27. The van der Waals surface area contributed by atoms with Gasteiger partial charge < -0.3 is 14.8 Å². The number of benzene rings is 1. The minimum Gasteiger partial charge on any atom is -0.495 e. The van der Waals surface area contributed by atoms with E-state index in [-0.39, 0.29) is 0 Å². The van der Waals surface area contributed by atoms with Gasteiger partial charge in [-0.05, 0) is 23.3 Å². The molecule has 0 bridgehead atoms. The molecule has 4 heteroatoms. The molecule has 0 unspecified atom stereocenters. The minimum atomic E-state index is 0.634. The van der Waals surface area contributed by atoms with Gasteiger partial charge >= 0.3 is 0 Å². The number of ether oxygens (including phenoxy) is 2. The quantitative estimate of drug-likeness (QED) is 0.865. The van der Waals surface area contributed by atoms with Gasteiger partial charge in [-0.1, -0.05) is 24.3 Å². The van der Waals surface area contributed by atoms with Gasteiger partial charge in [-0.2, -0.15) is 0 Å². The van der Waals surface area contributed by atoms with Crippen LogP contribution in [0.1, 0.15) is 11.1 Å². The predicted molar refractivity (Wildman–Crippen MR) is 75.3 cm³/mol. The van der Waals surface area contributed by atoms with Crippen molar-refractivity contribution in [2.75, 3.05) is 19.5 Å². The van der Waals surface area contributed by atoms with E-state index in [0.717, 1.165) is 18.1 Å². The molecule has 2 aromatic rings. The fourth-order valence-corrected chi connectivity index (χ4v) is 1.79. The third-order valence-electron chi connectivity index (χ3n) is 2.75. The van der Waals surface area contributed by atoms with Gasteiger partial charge in [0.15, 0.2) is 0 Å². The first-order valence-electron chi connectivity index (χ1n) is 6.12. The molecule has 0 amide bonds. The Morgan fingerprint density at radius 1 is 1.11 bits per heavy atom. The van der Waals surface area contributed by atoms with Gasteiger partial charge in [-0.15, -0.1) is 0 Å². The number of rotatable bonds is 6. The number of pyridine rings is 1. The highest BCUT2D eigenvalue weighted by Crippen LogP contribution is 2.13. The van der Waals surface area contributed by atoms with Crippen LogP contribution < -0.4 is 10.1 Å². The van der Waals surface area contributed by atoms with Crippen LogP contribution in [0.15, 0.2) is 42.6 Å². The Morgan fingerprint density at radius 2 is 1.95 bits per heavy atom. The van der Waals surface area contributed by atoms with Crippen LogP contribution in [0.5, 0.6) is 5.75 Å². The molecule has 0 fully saturated rings.